The summed E-state index contributed by atoms with van der Waals surface area (Å²) in [6.07, 6.45) is -9.92. The highest BCUT2D eigenvalue weighted by Crippen LogP contribution is 2.59. The second-order valence-electron chi connectivity index (χ2n) is 6.67. The van der Waals surface area contributed by atoms with Crippen LogP contribution in [0.5, 0.6) is 0 Å². The second-order valence-corrected chi connectivity index (χ2v) is 6.67. The van der Waals surface area contributed by atoms with E-state index in [1.165, 1.54) is 6.92 Å². The quantitative estimate of drug-likeness (QED) is 0.395. The molecule has 1 unspecified atom stereocenters. The third-order valence-corrected chi connectivity index (χ3v) is 4.19. The van der Waals surface area contributed by atoms with E-state index in [-0.39, 0.29) is 12.2 Å². The molecule has 0 aliphatic rings. The first-order valence-electron chi connectivity index (χ1n) is 8.23. The van der Waals surface area contributed by atoms with Crippen molar-refractivity contribution in [3.05, 3.63) is 35.4 Å². The zero-order chi connectivity index (χ0) is 24.7. The average Bonchev–Trinajstić information content (AvgIpc) is 2.59. The third kappa shape index (κ3) is 4.72. The monoisotopic (exact) mass is 476 g/mol. The molecule has 1 rings (SSSR count). The molecule has 0 heterocycles. The minimum atomic E-state index is -7.55. The van der Waals surface area contributed by atoms with E-state index in [0.29, 0.717) is 6.92 Å². The zero-order valence-corrected chi connectivity index (χ0v) is 15.6. The highest BCUT2D eigenvalue weighted by atomic mass is 19.4. The lowest BCUT2D eigenvalue weighted by Gasteiger charge is -2.39. The lowest BCUT2D eigenvalue weighted by atomic mass is 9.85. The van der Waals surface area contributed by atoms with Crippen molar-refractivity contribution in [1.82, 2.24) is 0 Å². The predicted octanol–water partition coefficient (Wildman–Crippen LogP) is 5.56. The third-order valence-electron chi connectivity index (χ3n) is 4.19. The molecular weight excluding hydrogens is 461 g/mol. The minimum absolute atomic E-state index is 0.0453. The van der Waals surface area contributed by atoms with Crippen LogP contribution < -0.4 is 0 Å². The fraction of sp³-hybridized carbons (Fsp3) is 0.588. The Morgan fingerprint density at radius 2 is 1.29 bits per heavy atom. The smallest absolute Gasteiger partial charge is 0.460 e. The summed E-state index contributed by atoms with van der Waals surface area (Å²) in [5.41, 5.74) is -3.93. The first kappa shape index (κ1) is 26.9. The average molecular weight is 476 g/mol. The molecule has 0 spiro atoms. The molecule has 14 heteroatoms. The molecule has 0 fully saturated rings. The van der Waals surface area contributed by atoms with Crippen LogP contribution in [-0.4, -0.2) is 47.5 Å². The van der Waals surface area contributed by atoms with Gasteiger partial charge in [0.05, 0.1) is 24.2 Å². The molecule has 0 saturated carbocycles. The molecule has 31 heavy (non-hydrogen) atoms. The number of carbonyl (C=O) groups is 1. The van der Waals surface area contributed by atoms with E-state index in [0.717, 1.165) is 24.3 Å². The normalized spacial score (nSPS) is 16.1. The topological polar surface area (TPSA) is 46.5 Å². The van der Waals surface area contributed by atoms with E-state index in [1.807, 2.05) is 0 Å². The van der Waals surface area contributed by atoms with Gasteiger partial charge in [0.2, 0.25) is 0 Å². The van der Waals surface area contributed by atoms with Crippen LogP contribution >= 0.6 is 0 Å². The first-order chi connectivity index (χ1) is 13.7. The molecule has 0 bridgehead atoms. The molecule has 0 radical (unpaired) electrons. The lowest BCUT2D eigenvalue weighted by Crippen LogP contribution is -2.67. The van der Waals surface area contributed by atoms with Crippen molar-refractivity contribution in [3.63, 3.8) is 0 Å². The Labute approximate surface area is 167 Å². The predicted molar refractivity (Wildman–Crippen MR) is 82.4 cm³/mol. The summed E-state index contributed by atoms with van der Waals surface area (Å²) in [6, 6.07) is 3.29. The van der Waals surface area contributed by atoms with E-state index < -0.39 is 53.4 Å². The Balaban J connectivity index is 3.28. The molecular formula is C17H15F11O3. The second kappa shape index (κ2) is 8.10. The van der Waals surface area contributed by atoms with E-state index >= 15 is 0 Å². The van der Waals surface area contributed by atoms with Crippen molar-refractivity contribution in [2.75, 3.05) is 6.61 Å². The number of esters is 1. The van der Waals surface area contributed by atoms with Gasteiger partial charge in [-0.05, 0) is 31.5 Å². The van der Waals surface area contributed by atoms with Crippen LogP contribution in [0.25, 0.3) is 0 Å². The van der Waals surface area contributed by atoms with Crippen molar-refractivity contribution in [1.29, 1.82) is 0 Å². The van der Waals surface area contributed by atoms with Gasteiger partial charge in [-0.25, -0.2) is 4.79 Å². The van der Waals surface area contributed by atoms with E-state index in [4.69, 9.17) is 0 Å². The number of aliphatic hydroxyl groups is 1. The molecule has 1 atom stereocenters. The van der Waals surface area contributed by atoms with Crippen molar-refractivity contribution in [3.8, 4) is 0 Å². The molecule has 0 saturated heterocycles. The summed E-state index contributed by atoms with van der Waals surface area (Å²) in [5.74, 6) is -29.4. The van der Waals surface area contributed by atoms with Gasteiger partial charge in [-0.3, -0.25) is 0 Å². The largest absolute Gasteiger partial charge is 0.462 e. The van der Waals surface area contributed by atoms with Crippen molar-refractivity contribution < 1.29 is 62.9 Å². The first-order valence-corrected chi connectivity index (χ1v) is 8.23. The molecule has 3 nitrogen and oxygen atoms in total. The van der Waals surface area contributed by atoms with Crippen LogP contribution in [0.1, 0.15) is 36.2 Å². The summed E-state index contributed by atoms with van der Waals surface area (Å²) in [6.45, 7) is 1.82. The number of rotatable bonds is 8. The summed E-state index contributed by atoms with van der Waals surface area (Å²) in [4.78, 5) is 11.5. The molecule has 0 amide bonds. The fourth-order valence-electron chi connectivity index (χ4n) is 2.43. The molecule has 0 aliphatic heterocycles. The highest BCUT2D eigenvalue weighted by molar-refractivity contribution is 5.89. The lowest BCUT2D eigenvalue weighted by molar-refractivity contribution is -0.424. The van der Waals surface area contributed by atoms with E-state index in [1.54, 1.807) is 0 Å². The van der Waals surface area contributed by atoms with Crippen LogP contribution in [0.3, 0.4) is 0 Å². The Morgan fingerprint density at radius 1 is 0.839 bits per heavy atom. The van der Waals surface area contributed by atoms with Gasteiger partial charge in [0.15, 0.2) is 0 Å². The van der Waals surface area contributed by atoms with Crippen molar-refractivity contribution in [2.24, 2.45) is 0 Å². The van der Waals surface area contributed by atoms with Gasteiger partial charge < -0.3 is 9.84 Å². The molecule has 1 aromatic rings. The molecule has 0 aliphatic carbocycles. The molecule has 1 N–H and O–H groups in total. The summed E-state index contributed by atoms with van der Waals surface area (Å²) >= 11 is 0. The van der Waals surface area contributed by atoms with Gasteiger partial charge in [-0.15, -0.1) is 0 Å². The number of hydrogen-bond donors (Lipinski definition) is 1. The number of benzene rings is 1. The van der Waals surface area contributed by atoms with Gasteiger partial charge in [-0.1, -0.05) is 12.1 Å². The molecule has 178 valence electrons. The summed E-state index contributed by atoms with van der Waals surface area (Å²) in [5, 5.41) is 10.1. The molecule has 0 aromatic heterocycles. The highest BCUT2D eigenvalue weighted by Gasteiger charge is 2.87. The van der Waals surface area contributed by atoms with Crippen LogP contribution in [-0.2, 0) is 10.3 Å². The van der Waals surface area contributed by atoms with Gasteiger partial charge in [0, 0.05) is 0 Å². The fourth-order valence-corrected chi connectivity index (χ4v) is 2.43. The van der Waals surface area contributed by atoms with Gasteiger partial charge in [-0.2, -0.15) is 48.3 Å². The zero-order valence-electron chi connectivity index (χ0n) is 15.6. The number of alkyl halides is 11. The summed E-state index contributed by atoms with van der Waals surface area (Å²) < 4.78 is 149. The SMILES string of the molecule is CCOC(=O)c1ccc(C(C)(O)CC(F)(F)C(F)(F)C(F)(F)C(F)(F)C(F)(F)F)cc1. The van der Waals surface area contributed by atoms with Gasteiger partial charge in [0.1, 0.15) is 0 Å². The number of carbonyl (C=O) groups excluding carboxylic acids is 1. The Morgan fingerprint density at radius 3 is 1.68 bits per heavy atom. The van der Waals surface area contributed by atoms with E-state index in [2.05, 4.69) is 4.74 Å². The Kier molecular flexibility index (Phi) is 7.03. The number of halogens is 11. The summed E-state index contributed by atoms with van der Waals surface area (Å²) in [7, 11) is 0. The maximum atomic E-state index is 13.9. The number of ether oxygens (including phenoxy) is 1. The Hall–Kier alpha value is -2.12. The van der Waals surface area contributed by atoms with Crippen molar-refractivity contribution in [2.45, 2.75) is 55.7 Å². The molecule has 1 aromatic carbocycles. The van der Waals surface area contributed by atoms with Crippen LogP contribution in [0, 0.1) is 0 Å². The standard InChI is InChI=1S/C17H15F11O3/c1-3-31-11(29)9-4-6-10(7-5-9)12(2,30)8-13(18,19)14(20,21)15(22,23)16(24,25)17(26,27)28/h4-7,30H,3,8H2,1-2H3. The van der Waals surface area contributed by atoms with Crippen molar-refractivity contribution >= 4 is 5.97 Å². The Bertz CT molecular complexity index is 784. The van der Waals surface area contributed by atoms with Crippen LogP contribution in [0.4, 0.5) is 48.3 Å². The maximum Gasteiger partial charge on any atom is 0.460 e. The maximum absolute atomic E-state index is 13.9. The van der Waals surface area contributed by atoms with Crippen LogP contribution in [0.2, 0.25) is 0 Å². The minimum Gasteiger partial charge on any atom is -0.462 e. The van der Waals surface area contributed by atoms with E-state index in [9.17, 15) is 58.2 Å². The van der Waals surface area contributed by atoms with Gasteiger partial charge in [0.25, 0.3) is 0 Å². The van der Waals surface area contributed by atoms with Crippen LogP contribution in [0.15, 0.2) is 24.3 Å². The number of hydrogen-bond acceptors (Lipinski definition) is 3. The van der Waals surface area contributed by atoms with Gasteiger partial charge >= 0.3 is 35.8 Å².